The molecule has 0 spiro atoms. The summed E-state index contributed by atoms with van der Waals surface area (Å²) < 4.78 is 11.8. The standard InChI is InChI=1S/C20H30N2O3/c1-14-3-4-15(2)18(13-14)24-12-10-22-8-5-16(6-9-22)19-17(20(21)23)7-11-25-19/h3-4,13,16-17,19H,5-12H2,1-2H3,(H2,21,23)/t17-,19+/m0/s1. The van der Waals surface area contributed by atoms with Gasteiger partial charge in [-0.25, -0.2) is 0 Å². The molecule has 0 aromatic heterocycles. The Hall–Kier alpha value is -1.59. The maximum absolute atomic E-state index is 11.6. The number of carbonyl (C=O) groups excluding carboxylic acids is 1. The molecule has 0 radical (unpaired) electrons. The molecule has 138 valence electrons. The zero-order valence-electron chi connectivity index (χ0n) is 15.4. The third kappa shape index (κ3) is 4.53. The van der Waals surface area contributed by atoms with Gasteiger partial charge >= 0.3 is 0 Å². The highest BCUT2D eigenvalue weighted by Gasteiger charge is 2.39. The van der Waals surface area contributed by atoms with Crippen LogP contribution in [0.1, 0.15) is 30.4 Å². The van der Waals surface area contributed by atoms with Gasteiger partial charge in [-0.3, -0.25) is 9.69 Å². The molecule has 0 unspecified atom stereocenters. The molecule has 1 amide bonds. The normalized spacial score (nSPS) is 25.2. The lowest BCUT2D eigenvalue weighted by Crippen LogP contribution is -2.43. The minimum Gasteiger partial charge on any atom is -0.492 e. The Morgan fingerprint density at radius 1 is 1.28 bits per heavy atom. The van der Waals surface area contributed by atoms with Gasteiger partial charge in [0, 0.05) is 13.2 Å². The van der Waals surface area contributed by atoms with E-state index in [0.717, 1.165) is 44.6 Å². The van der Waals surface area contributed by atoms with Gasteiger partial charge in [0.1, 0.15) is 12.4 Å². The lowest BCUT2D eigenvalue weighted by Gasteiger charge is -2.35. The molecule has 0 aliphatic carbocycles. The fourth-order valence-electron chi connectivity index (χ4n) is 4.03. The Kier molecular flexibility index (Phi) is 5.97. The van der Waals surface area contributed by atoms with E-state index in [1.54, 1.807) is 0 Å². The highest BCUT2D eigenvalue weighted by Crippen LogP contribution is 2.32. The number of primary amides is 1. The summed E-state index contributed by atoms with van der Waals surface area (Å²) in [5.41, 5.74) is 7.92. The van der Waals surface area contributed by atoms with Gasteiger partial charge in [0.05, 0.1) is 12.0 Å². The zero-order valence-corrected chi connectivity index (χ0v) is 15.4. The molecular weight excluding hydrogens is 316 g/mol. The molecule has 2 atom stereocenters. The Balaban J connectivity index is 1.42. The molecular formula is C20H30N2O3. The molecule has 1 aromatic carbocycles. The van der Waals surface area contributed by atoms with Crippen molar-refractivity contribution in [3.05, 3.63) is 29.3 Å². The van der Waals surface area contributed by atoms with Crippen molar-refractivity contribution in [2.75, 3.05) is 32.8 Å². The second-order valence-electron chi connectivity index (χ2n) is 7.43. The van der Waals surface area contributed by atoms with Crippen molar-refractivity contribution in [1.29, 1.82) is 0 Å². The third-order valence-electron chi connectivity index (χ3n) is 5.61. The summed E-state index contributed by atoms with van der Waals surface area (Å²) in [6, 6.07) is 6.31. The van der Waals surface area contributed by atoms with E-state index in [4.69, 9.17) is 15.2 Å². The van der Waals surface area contributed by atoms with Crippen LogP contribution in [0.15, 0.2) is 18.2 Å². The second-order valence-corrected chi connectivity index (χ2v) is 7.43. The molecule has 1 aromatic rings. The van der Waals surface area contributed by atoms with Crippen molar-refractivity contribution >= 4 is 5.91 Å². The minimum atomic E-state index is -0.202. The van der Waals surface area contributed by atoms with E-state index in [1.165, 1.54) is 11.1 Å². The lowest BCUT2D eigenvalue weighted by atomic mass is 9.84. The van der Waals surface area contributed by atoms with Crippen LogP contribution in [0.2, 0.25) is 0 Å². The molecule has 2 aliphatic rings. The van der Waals surface area contributed by atoms with Crippen molar-refractivity contribution in [3.63, 3.8) is 0 Å². The summed E-state index contributed by atoms with van der Waals surface area (Å²) in [5.74, 6) is 1.14. The fourth-order valence-corrected chi connectivity index (χ4v) is 4.03. The van der Waals surface area contributed by atoms with Gasteiger partial charge in [-0.05, 0) is 69.3 Å². The topological polar surface area (TPSA) is 64.8 Å². The minimum absolute atomic E-state index is 0.0332. The number of benzene rings is 1. The van der Waals surface area contributed by atoms with Crippen LogP contribution in [-0.2, 0) is 9.53 Å². The molecule has 25 heavy (non-hydrogen) atoms. The van der Waals surface area contributed by atoms with E-state index in [1.807, 2.05) is 0 Å². The quantitative estimate of drug-likeness (QED) is 0.858. The smallest absolute Gasteiger partial charge is 0.223 e. The van der Waals surface area contributed by atoms with E-state index >= 15 is 0 Å². The first-order valence-electron chi connectivity index (χ1n) is 9.38. The number of piperidine rings is 1. The number of aryl methyl sites for hydroxylation is 2. The number of likely N-dealkylation sites (tertiary alicyclic amines) is 1. The Morgan fingerprint density at radius 3 is 2.76 bits per heavy atom. The third-order valence-corrected chi connectivity index (χ3v) is 5.61. The van der Waals surface area contributed by atoms with Gasteiger partial charge in [0.25, 0.3) is 0 Å². The predicted molar refractivity (Wildman–Crippen MR) is 97.6 cm³/mol. The number of amides is 1. The van der Waals surface area contributed by atoms with Gasteiger partial charge in [0.15, 0.2) is 0 Å². The van der Waals surface area contributed by atoms with Crippen LogP contribution < -0.4 is 10.5 Å². The highest BCUT2D eigenvalue weighted by molar-refractivity contribution is 5.77. The number of ether oxygens (including phenoxy) is 2. The number of rotatable bonds is 6. The molecule has 5 heteroatoms. The molecule has 5 nitrogen and oxygen atoms in total. The van der Waals surface area contributed by atoms with Gasteiger partial charge in [-0.1, -0.05) is 12.1 Å². The van der Waals surface area contributed by atoms with Crippen LogP contribution in [0.3, 0.4) is 0 Å². The monoisotopic (exact) mass is 346 g/mol. The molecule has 0 bridgehead atoms. The van der Waals surface area contributed by atoms with Gasteiger partial charge < -0.3 is 15.2 Å². The van der Waals surface area contributed by atoms with E-state index in [2.05, 4.69) is 36.9 Å². The predicted octanol–water partition coefficient (Wildman–Crippen LogP) is 2.28. The largest absolute Gasteiger partial charge is 0.492 e. The van der Waals surface area contributed by atoms with Crippen LogP contribution in [0, 0.1) is 25.7 Å². The van der Waals surface area contributed by atoms with Gasteiger partial charge in [-0.2, -0.15) is 0 Å². The second kappa shape index (κ2) is 8.19. The number of carbonyl (C=O) groups is 1. The average Bonchev–Trinajstić information content (AvgIpc) is 3.08. The zero-order chi connectivity index (χ0) is 17.8. The lowest BCUT2D eigenvalue weighted by molar-refractivity contribution is -0.124. The van der Waals surface area contributed by atoms with Crippen LogP contribution in [0.25, 0.3) is 0 Å². The van der Waals surface area contributed by atoms with Gasteiger partial charge in [0.2, 0.25) is 5.91 Å². The Labute approximate surface area is 150 Å². The molecule has 2 saturated heterocycles. The maximum Gasteiger partial charge on any atom is 0.223 e. The molecule has 0 saturated carbocycles. The molecule has 2 fully saturated rings. The van der Waals surface area contributed by atoms with Crippen molar-refractivity contribution in [3.8, 4) is 5.75 Å². The van der Waals surface area contributed by atoms with E-state index in [-0.39, 0.29) is 17.9 Å². The number of hydrogen-bond acceptors (Lipinski definition) is 4. The molecule has 2 N–H and O–H groups in total. The Bertz CT molecular complexity index is 597. The van der Waals surface area contributed by atoms with Crippen LogP contribution in [0.5, 0.6) is 5.75 Å². The summed E-state index contributed by atoms with van der Waals surface area (Å²) in [4.78, 5) is 14.0. The van der Waals surface area contributed by atoms with E-state index < -0.39 is 0 Å². The van der Waals surface area contributed by atoms with Crippen molar-refractivity contribution in [2.45, 2.75) is 39.2 Å². The first kappa shape index (κ1) is 18.2. The highest BCUT2D eigenvalue weighted by atomic mass is 16.5. The van der Waals surface area contributed by atoms with Crippen LogP contribution in [0.4, 0.5) is 0 Å². The van der Waals surface area contributed by atoms with Crippen molar-refractivity contribution in [2.24, 2.45) is 17.6 Å². The average molecular weight is 346 g/mol. The van der Waals surface area contributed by atoms with Crippen molar-refractivity contribution < 1.29 is 14.3 Å². The molecule has 2 heterocycles. The van der Waals surface area contributed by atoms with Crippen molar-refractivity contribution in [1.82, 2.24) is 4.90 Å². The van der Waals surface area contributed by atoms with E-state index in [9.17, 15) is 4.79 Å². The summed E-state index contributed by atoms with van der Waals surface area (Å²) in [6.45, 7) is 8.54. The summed E-state index contributed by atoms with van der Waals surface area (Å²) >= 11 is 0. The Morgan fingerprint density at radius 2 is 2.04 bits per heavy atom. The molecule has 2 aliphatic heterocycles. The SMILES string of the molecule is Cc1ccc(C)c(OCCN2CCC([C@H]3OCC[C@@H]3C(N)=O)CC2)c1. The summed E-state index contributed by atoms with van der Waals surface area (Å²) in [6.07, 6.45) is 2.95. The maximum atomic E-state index is 11.6. The number of hydrogen-bond donors (Lipinski definition) is 1. The first-order chi connectivity index (χ1) is 12.0. The summed E-state index contributed by atoms with van der Waals surface area (Å²) in [5, 5.41) is 0. The van der Waals surface area contributed by atoms with Crippen LogP contribution >= 0.6 is 0 Å². The van der Waals surface area contributed by atoms with E-state index in [0.29, 0.717) is 19.1 Å². The summed E-state index contributed by atoms with van der Waals surface area (Å²) in [7, 11) is 0. The number of nitrogens with two attached hydrogens (primary N) is 1. The molecule has 3 rings (SSSR count). The number of nitrogens with zero attached hydrogens (tertiary/aromatic N) is 1. The van der Waals surface area contributed by atoms with Gasteiger partial charge in [-0.15, -0.1) is 0 Å². The first-order valence-corrected chi connectivity index (χ1v) is 9.38. The van der Waals surface area contributed by atoms with Crippen LogP contribution in [-0.4, -0.2) is 49.8 Å². The fraction of sp³-hybridized carbons (Fsp3) is 0.650.